The molecule has 2 aromatic rings. The molecule has 1 saturated heterocycles. The van der Waals surface area contributed by atoms with Gasteiger partial charge in [-0.25, -0.2) is 9.37 Å². The van der Waals surface area contributed by atoms with Crippen molar-refractivity contribution in [3.05, 3.63) is 46.7 Å². The van der Waals surface area contributed by atoms with Gasteiger partial charge >= 0.3 is 0 Å². The average molecular weight is 531 g/mol. The van der Waals surface area contributed by atoms with E-state index < -0.39 is 11.9 Å². The first-order valence-corrected chi connectivity index (χ1v) is 14.0. The molecule has 2 atom stereocenters. The van der Waals surface area contributed by atoms with E-state index in [-0.39, 0.29) is 49.3 Å². The van der Waals surface area contributed by atoms with E-state index in [1.54, 1.807) is 12.1 Å². The fourth-order valence-corrected chi connectivity index (χ4v) is 5.67. The maximum absolute atomic E-state index is 13.8. The zero-order valence-corrected chi connectivity index (χ0v) is 22.0. The van der Waals surface area contributed by atoms with Crippen molar-refractivity contribution in [3.63, 3.8) is 0 Å². The molecule has 2 fully saturated rings. The summed E-state index contributed by atoms with van der Waals surface area (Å²) >= 11 is 1.32. The number of aromatic nitrogens is 1. The molecule has 3 amide bonds. The summed E-state index contributed by atoms with van der Waals surface area (Å²) in [4.78, 5) is 45.5. The number of nitrogens with zero attached hydrogens (tertiary/aromatic N) is 2. The number of amides is 3. The molecule has 1 saturated carbocycles. The van der Waals surface area contributed by atoms with Gasteiger partial charge in [0.05, 0.1) is 11.8 Å². The molecule has 2 aliphatic rings. The third-order valence-corrected chi connectivity index (χ3v) is 7.75. The van der Waals surface area contributed by atoms with Gasteiger partial charge in [-0.15, -0.1) is 11.3 Å². The van der Waals surface area contributed by atoms with Crippen molar-refractivity contribution in [2.75, 3.05) is 18.5 Å². The molecule has 2 N–H and O–H groups in total. The van der Waals surface area contributed by atoms with Gasteiger partial charge in [-0.2, -0.15) is 0 Å². The number of halogens is 1. The van der Waals surface area contributed by atoms with E-state index in [0.717, 1.165) is 50.6 Å². The minimum atomic E-state index is -0.941. The molecule has 1 aromatic carbocycles. The number of hydrogen-bond donors (Lipinski definition) is 2. The number of carbonyl (C=O) groups excluding carboxylic acids is 3. The maximum Gasteiger partial charge on any atom is 0.247 e. The minimum absolute atomic E-state index is 0.0418. The zero-order chi connectivity index (χ0) is 26.2. The fraction of sp³-hybridized carbons (Fsp3) is 0.556. The van der Waals surface area contributed by atoms with Gasteiger partial charge in [0.25, 0.3) is 0 Å². The Bertz CT molecular complexity index is 1060. The van der Waals surface area contributed by atoms with E-state index in [0.29, 0.717) is 17.3 Å². The van der Waals surface area contributed by atoms with Crippen LogP contribution >= 0.6 is 11.3 Å². The van der Waals surface area contributed by atoms with Crippen molar-refractivity contribution in [2.45, 2.75) is 82.9 Å². The van der Waals surface area contributed by atoms with E-state index in [1.807, 2.05) is 12.3 Å². The summed E-state index contributed by atoms with van der Waals surface area (Å²) in [6.07, 6.45) is 6.43. The van der Waals surface area contributed by atoms with Crippen molar-refractivity contribution in [3.8, 4) is 0 Å². The number of aryl methyl sites for hydroxylation is 1. The minimum Gasteiger partial charge on any atom is -0.376 e. The summed E-state index contributed by atoms with van der Waals surface area (Å²) < 4.78 is 19.6. The number of anilines is 1. The molecular weight excluding hydrogens is 495 g/mol. The lowest BCUT2D eigenvalue weighted by molar-refractivity contribution is -0.143. The number of hydrogen-bond acceptors (Lipinski definition) is 6. The van der Waals surface area contributed by atoms with E-state index in [2.05, 4.69) is 15.6 Å². The molecule has 2 heterocycles. The third-order valence-electron chi connectivity index (χ3n) is 6.87. The topological polar surface area (TPSA) is 101 Å². The molecule has 8 nitrogen and oxygen atoms in total. The Hall–Kier alpha value is -2.85. The second-order valence-electron chi connectivity index (χ2n) is 9.82. The van der Waals surface area contributed by atoms with Gasteiger partial charge in [-0.3, -0.25) is 14.4 Å². The Labute approximate surface area is 221 Å². The van der Waals surface area contributed by atoms with Crippen molar-refractivity contribution in [1.82, 2.24) is 15.2 Å². The largest absolute Gasteiger partial charge is 0.376 e. The number of carbonyl (C=O) groups is 3. The van der Waals surface area contributed by atoms with Crippen LogP contribution in [0.4, 0.5) is 9.52 Å². The second-order valence-corrected chi connectivity index (χ2v) is 10.7. The van der Waals surface area contributed by atoms with E-state index in [4.69, 9.17) is 4.74 Å². The van der Waals surface area contributed by atoms with E-state index in [9.17, 15) is 18.8 Å². The molecule has 200 valence electrons. The Balaban J connectivity index is 1.53. The number of ether oxygens (including phenoxy) is 1. The van der Waals surface area contributed by atoms with Gasteiger partial charge in [0, 0.05) is 37.4 Å². The number of nitrogens with one attached hydrogen (secondary N) is 2. The third kappa shape index (κ3) is 7.82. The number of rotatable bonds is 10. The Morgan fingerprint density at radius 3 is 2.51 bits per heavy atom. The van der Waals surface area contributed by atoms with Gasteiger partial charge < -0.3 is 20.3 Å². The Morgan fingerprint density at radius 2 is 1.86 bits per heavy atom. The van der Waals surface area contributed by atoms with Gasteiger partial charge in [0.1, 0.15) is 11.9 Å². The van der Waals surface area contributed by atoms with Crippen molar-refractivity contribution in [2.24, 2.45) is 0 Å². The van der Waals surface area contributed by atoms with Gasteiger partial charge in [0.2, 0.25) is 17.7 Å². The number of benzene rings is 1. The van der Waals surface area contributed by atoms with Gasteiger partial charge in [0.15, 0.2) is 5.13 Å². The van der Waals surface area contributed by atoms with Crippen LogP contribution in [-0.2, 0) is 19.1 Å². The summed E-state index contributed by atoms with van der Waals surface area (Å²) in [5.41, 5.74) is 1.34. The molecule has 0 radical (unpaired) electrons. The average Bonchev–Trinajstić information content (AvgIpc) is 3.55. The molecule has 1 aliphatic carbocycles. The monoisotopic (exact) mass is 530 g/mol. The van der Waals surface area contributed by atoms with Crippen LogP contribution in [0, 0.1) is 12.7 Å². The second kappa shape index (κ2) is 13.1. The summed E-state index contributed by atoms with van der Waals surface area (Å²) in [5, 5.41) is 8.19. The highest BCUT2D eigenvalue weighted by atomic mass is 32.1. The maximum atomic E-state index is 13.8. The lowest BCUT2D eigenvalue weighted by Crippen LogP contribution is -2.49. The fourth-order valence-electron chi connectivity index (χ4n) is 4.96. The molecule has 1 aromatic heterocycles. The molecule has 0 bridgehead atoms. The summed E-state index contributed by atoms with van der Waals surface area (Å²) in [5.74, 6) is -1.34. The summed E-state index contributed by atoms with van der Waals surface area (Å²) in [7, 11) is 0. The van der Waals surface area contributed by atoms with Crippen molar-refractivity contribution >= 4 is 34.2 Å². The highest BCUT2D eigenvalue weighted by molar-refractivity contribution is 7.13. The predicted octanol–water partition coefficient (Wildman–Crippen LogP) is 4.51. The van der Waals surface area contributed by atoms with Gasteiger partial charge in [-0.05, 0) is 50.3 Å². The molecule has 0 spiro atoms. The number of thiazole rings is 1. The van der Waals surface area contributed by atoms with Crippen LogP contribution < -0.4 is 10.6 Å². The SMILES string of the molecule is Cc1csc(NC(=O)CCC(=O)N(C[C@H]2CCCO2)[C@@H](C(=O)NC2CCCCC2)c2ccc(F)cc2)n1. The van der Waals surface area contributed by atoms with Crippen LogP contribution in [0.1, 0.15) is 75.1 Å². The van der Waals surface area contributed by atoms with Crippen molar-refractivity contribution < 1.29 is 23.5 Å². The van der Waals surface area contributed by atoms with Crippen LogP contribution in [0.25, 0.3) is 0 Å². The van der Waals surface area contributed by atoms with Crippen molar-refractivity contribution in [1.29, 1.82) is 0 Å². The molecule has 10 heteroatoms. The Morgan fingerprint density at radius 1 is 1.11 bits per heavy atom. The normalized spacial score (nSPS) is 18.8. The van der Waals surface area contributed by atoms with Crippen LogP contribution in [0.15, 0.2) is 29.6 Å². The Kier molecular flexibility index (Phi) is 9.62. The van der Waals surface area contributed by atoms with Crippen LogP contribution in [0.3, 0.4) is 0 Å². The standard InChI is InChI=1S/C27H35FN4O4S/c1-18-17-37-27(29-18)31-23(33)13-14-24(34)32(16-22-8-5-15-36-22)25(19-9-11-20(28)12-10-19)26(35)30-21-6-3-2-4-7-21/h9-12,17,21-22,25H,2-8,13-16H2,1H3,(H,30,35)(H,29,31,33)/t22-,25-/m1/s1. The van der Waals surface area contributed by atoms with E-state index >= 15 is 0 Å². The highest BCUT2D eigenvalue weighted by Crippen LogP contribution is 2.27. The quantitative estimate of drug-likeness (QED) is 0.471. The lowest BCUT2D eigenvalue weighted by atomic mass is 9.94. The molecule has 37 heavy (non-hydrogen) atoms. The molecule has 1 aliphatic heterocycles. The predicted molar refractivity (Wildman–Crippen MR) is 140 cm³/mol. The van der Waals surface area contributed by atoms with Crippen LogP contribution in [0.5, 0.6) is 0 Å². The van der Waals surface area contributed by atoms with Gasteiger partial charge in [-0.1, -0.05) is 31.4 Å². The van der Waals surface area contributed by atoms with Crippen LogP contribution in [-0.4, -0.2) is 52.9 Å². The molecule has 0 unspecified atom stereocenters. The van der Waals surface area contributed by atoms with Crippen LogP contribution in [0.2, 0.25) is 0 Å². The summed E-state index contributed by atoms with van der Waals surface area (Å²) in [6, 6.07) is 4.81. The lowest BCUT2D eigenvalue weighted by Gasteiger charge is -2.34. The highest BCUT2D eigenvalue weighted by Gasteiger charge is 2.35. The zero-order valence-electron chi connectivity index (χ0n) is 21.2. The first kappa shape index (κ1) is 27.2. The smallest absolute Gasteiger partial charge is 0.247 e. The first-order chi connectivity index (χ1) is 17.9. The molecular formula is C27H35FN4O4S. The van der Waals surface area contributed by atoms with E-state index in [1.165, 1.54) is 28.4 Å². The first-order valence-electron chi connectivity index (χ1n) is 13.1. The summed E-state index contributed by atoms with van der Waals surface area (Å²) in [6.45, 7) is 2.68. The molecule has 4 rings (SSSR count).